The molecule has 1 aromatic rings. The Labute approximate surface area is 190 Å². The SMILES string of the molecule is CC(=CCOCc1ccccc1)[C@H]([C@@H](C)C=CI)N(C)C(=O)CCCCCCO. The lowest BCUT2D eigenvalue weighted by molar-refractivity contribution is -0.132. The molecule has 0 heterocycles. The summed E-state index contributed by atoms with van der Waals surface area (Å²) in [6.45, 7) is 5.57. The van der Waals surface area contributed by atoms with Gasteiger partial charge in [0.25, 0.3) is 0 Å². The number of benzene rings is 1. The van der Waals surface area contributed by atoms with Crippen molar-refractivity contribution in [3.05, 3.63) is 57.7 Å². The Morgan fingerprint density at radius 1 is 1.21 bits per heavy atom. The molecular weight excluding hydrogens is 477 g/mol. The maximum Gasteiger partial charge on any atom is 0.222 e. The molecule has 1 N–H and O–H groups in total. The molecule has 0 aliphatic heterocycles. The second kappa shape index (κ2) is 15.6. The predicted molar refractivity (Wildman–Crippen MR) is 129 cm³/mol. The van der Waals surface area contributed by atoms with Crippen molar-refractivity contribution >= 4 is 28.5 Å². The molecule has 1 amide bonds. The predicted octanol–water partition coefficient (Wildman–Crippen LogP) is 5.50. The van der Waals surface area contributed by atoms with Crippen molar-refractivity contribution < 1.29 is 14.6 Å². The van der Waals surface area contributed by atoms with Crippen LogP contribution in [-0.4, -0.2) is 42.2 Å². The van der Waals surface area contributed by atoms with E-state index in [1.165, 1.54) is 0 Å². The first-order valence-corrected chi connectivity index (χ1v) is 11.7. The molecule has 0 saturated heterocycles. The number of rotatable bonds is 14. The van der Waals surface area contributed by atoms with Gasteiger partial charge in [0.15, 0.2) is 0 Å². The first-order valence-electron chi connectivity index (χ1n) is 10.4. The Bertz CT molecular complexity index is 630. The van der Waals surface area contributed by atoms with E-state index in [-0.39, 0.29) is 24.5 Å². The zero-order chi connectivity index (χ0) is 21.5. The average molecular weight is 513 g/mol. The van der Waals surface area contributed by atoms with Crippen LogP contribution in [0.2, 0.25) is 0 Å². The number of ether oxygens (including phenoxy) is 1. The van der Waals surface area contributed by atoms with Crippen molar-refractivity contribution in [2.45, 2.75) is 58.6 Å². The highest BCUT2D eigenvalue weighted by atomic mass is 127. The Hall–Kier alpha value is -1.18. The molecule has 5 heteroatoms. The monoisotopic (exact) mass is 513 g/mol. The van der Waals surface area contributed by atoms with E-state index in [0.29, 0.717) is 19.6 Å². The lowest BCUT2D eigenvalue weighted by Gasteiger charge is -2.33. The van der Waals surface area contributed by atoms with E-state index >= 15 is 0 Å². The van der Waals surface area contributed by atoms with Crippen LogP contribution in [0.1, 0.15) is 51.5 Å². The van der Waals surface area contributed by atoms with E-state index in [1.54, 1.807) is 0 Å². The Kier molecular flexibility index (Phi) is 13.9. The summed E-state index contributed by atoms with van der Waals surface area (Å²) in [5, 5.41) is 8.86. The van der Waals surface area contributed by atoms with Gasteiger partial charge in [-0.25, -0.2) is 0 Å². The van der Waals surface area contributed by atoms with Gasteiger partial charge >= 0.3 is 0 Å². The van der Waals surface area contributed by atoms with Crippen LogP contribution in [0, 0.1) is 5.92 Å². The quantitative estimate of drug-likeness (QED) is 0.203. The summed E-state index contributed by atoms with van der Waals surface area (Å²) in [5.74, 6) is 0.395. The molecule has 2 atom stereocenters. The zero-order valence-electron chi connectivity index (χ0n) is 18.0. The van der Waals surface area contributed by atoms with Gasteiger partial charge < -0.3 is 14.7 Å². The molecule has 0 radical (unpaired) electrons. The Morgan fingerprint density at radius 3 is 2.55 bits per heavy atom. The molecular formula is C24H36INO3. The van der Waals surface area contributed by atoms with Gasteiger partial charge in [0.1, 0.15) is 0 Å². The van der Waals surface area contributed by atoms with Crippen molar-refractivity contribution in [3.8, 4) is 0 Å². The summed E-state index contributed by atoms with van der Waals surface area (Å²) in [4.78, 5) is 14.6. The number of hydrogen-bond donors (Lipinski definition) is 1. The molecule has 0 aromatic heterocycles. The first kappa shape index (κ1) is 25.9. The molecule has 0 bridgehead atoms. The summed E-state index contributed by atoms with van der Waals surface area (Å²) in [6, 6.07) is 10.2. The number of nitrogens with zero attached hydrogens (tertiary/aromatic N) is 1. The number of carbonyl (C=O) groups excluding carboxylic acids is 1. The minimum atomic E-state index is 0.0197. The van der Waals surface area contributed by atoms with Crippen molar-refractivity contribution in [1.82, 2.24) is 4.90 Å². The molecule has 162 valence electrons. The standard InChI is InChI=1S/C24H36INO3/c1-20(14-16-25)24(26(3)23(28)13-9-4-5-10-17-27)21(2)15-18-29-19-22-11-7-6-8-12-22/h6-8,11-12,14-16,20,24,27H,4-5,9-10,13,17-19H2,1-3H3/t20-,24-/m0/s1. The van der Waals surface area contributed by atoms with Gasteiger partial charge in [-0.3, -0.25) is 4.79 Å². The Balaban J connectivity index is 2.65. The van der Waals surface area contributed by atoms with Crippen molar-refractivity contribution in [2.24, 2.45) is 5.92 Å². The minimum Gasteiger partial charge on any atom is -0.396 e. The van der Waals surface area contributed by atoms with Crippen LogP contribution >= 0.6 is 22.6 Å². The lowest BCUT2D eigenvalue weighted by Crippen LogP contribution is -2.41. The number of halogens is 1. The second-order valence-electron chi connectivity index (χ2n) is 7.46. The minimum absolute atomic E-state index is 0.0197. The number of likely N-dealkylation sites (N-methyl/N-ethyl adjacent to an activating group) is 1. The number of unbranched alkanes of at least 4 members (excludes halogenated alkanes) is 3. The normalized spacial score (nSPS) is 14.2. The van der Waals surface area contributed by atoms with Gasteiger partial charge in [-0.05, 0) is 35.3 Å². The molecule has 4 nitrogen and oxygen atoms in total. The molecule has 29 heavy (non-hydrogen) atoms. The maximum atomic E-state index is 12.7. The third-order valence-electron chi connectivity index (χ3n) is 5.08. The molecule has 0 fully saturated rings. The third kappa shape index (κ3) is 10.4. The van der Waals surface area contributed by atoms with Gasteiger partial charge in [0.2, 0.25) is 5.91 Å². The fourth-order valence-electron chi connectivity index (χ4n) is 3.43. The van der Waals surface area contributed by atoms with Crippen LogP contribution in [-0.2, 0) is 16.1 Å². The second-order valence-corrected chi connectivity index (χ2v) is 8.18. The number of aliphatic hydroxyl groups excluding tert-OH is 1. The molecule has 0 unspecified atom stereocenters. The van der Waals surface area contributed by atoms with Crippen LogP contribution < -0.4 is 0 Å². The summed E-state index contributed by atoms with van der Waals surface area (Å²) < 4.78 is 7.82. The fraction of sp³-hybridized carbons (Fsp3) is 0.542. The van der Waals surface area contributed by atoms with Crippen LogP contribution in [0.4, 0.5) is 0 Å². The lowest BCUT2D eigenvalue weighted by atomic mass is 9.93. The smallest absolute Gasteiger partial charge is 0.222 e. The van der Waals surface area contributed by atoms with Crippen LogP contribution in [0.5, 0.6) is 0 Å². The van der Waals surface area contributed by atoms with Crippen molar-refractivity contribution in [1.29, 1.82) is 0 Å². The number of carbonyl (C=O) groups is 1. The number of hydrogen-bond acceptors (Lipinski definition) is 3. The number of amides is 1. The molecule has 0 saturated carbocycles. The van der Waals surface area contributed by atoms with E-state index in [2.05, 4.69) is 60.7 Å². The summed E-state index contributed by atoms with van der Waals surface area (Å²) in [5.41, 5.74) is 2.31. The molecule has 0 spiro atoms. The van der Waals surface area contributed by atoms with E-state index in [1.807, 2.05) is 34.2 Å². The largest absolute Gasteiger partial charge is 0.396 e. The highest BCUT2D eigenvalue weighted by Crippen LogP contribution is 2.22. The topological polar surface area (TPSA) is 49.8 Å². The summed E-state index contributed by atoms with van der Waals surface area (Å²) in [7, 11) is 1.90. The number of aliphatic hydroxyl groups is 1. The van der Waals surface area contributed by atoms with Crippen LogP contribution in [0.3, 0.4) is 0 Å². The highest BCUT2D eigenvalue weighted by molar-refractivity contribution is 14.1. The zero-order valence-corrected chi connectivity index (χ0v) is 20.2. The highest BCUT2D eigenvalue weighted by Gasteiger charge is 2.25. The van der Waals surface area contributed by atoms with Gasteiger partial charge in [0, 0.05) is 20.1 Å². The molecule has 1 rings (SSSR count). The summed E-state index contributed by atoms with van der Waals surface area (Å²) >= 11 is 2.23. The van der Waals surface area contributed by atoms with Crippen LogP contribution in [0.15, 0.2) is 52.1 Å². The van der Waals surface area contributed by atoms with Gasteiger partial charge in [-0.1, -0.05) is 90.4 Å². The van der Waals surface area contributed by atoms with Gasteiger partial charge in [-0.15, -0.1) is 0 Å². The molecule has 0 aliphatic rings. The van der Waals surface area contributed by atoms with Gasteiger partial charge in [0.05, 0.1) is 19.3 Å². The van der Waals surface area contributed by atoms with E-state index < -0.39 is 0 Å². The van der Waals surface area contributed by atoms with E-state index in [9.17, 15) is 4.79 Å². The maximum absolute atomic E-state index is 12.7. The summed E-state index contributed by atoms with van der Waals surface area (Å²) in [6.07, 6.45) is 8.43. The molecule has 0 aliphatic carbocycles. The van der Waals surface area contributed by atoms with Crippen molar-refractivity contribution in [3.63, 3.8) is 0 Å². The first-order chi connectivity index (χ1) is 14.0. The fourth-order valence-corrected chi connectivity index (χ4v) is 4.08. The van der Waals surface area contributed by atoms with E-state index in [4.69, 9.17) is 9.84 Å². The third-order valence-corrected chi connectivity index (χ3v) is 5.50. The van der Waals surface area contributed by atoms with Crippen molar-refractivity contribution in [2.75, 3.05) is 20.3 Å². The average Bonchev–Trinajstić information content (AvgIpc) is 2.72. The molecule has 1 aromatic carbocycles. The Morgan fingerprint density at radius 2 is 1.90 bits per heavy atom. The van der Waals surface area contributed by atoms with Gasteiger partial charge in [-0.2, -0.15) is 0 Å². The van der Waals surface area contributed by atoms with Crippen LogP contribution in [0.25, 0.3) is 0 Å². The van der Waals surface area contributed by atoms with E-state index in [0.717, 1.165) is 36.8 Å².